The Bertz CT molecular complexity index is 725. The summed E-state index contributed by atoms with van der Waals surface area (Å²) in [7, 11) is 1.86. The number of nitrogens with zero attached hydrogens (tertiary/aromatic N) is 2. The highest BCUT2D eigenvalue weighted by Gasteiger charge is 2.34. The molecule has 1 saturated carbocycles. The summed E-state index contributed by atoms with van der Waals surface area (Å²) in [6.45, 7) is 4.13. The molecule has 0 radical (unpaired) electrons. The first kappa shape index (κ1) is 24.2. The van der Waals surface area contributed by atoms with E-state index >= 15 is 0 Å². The number of carbonyl (C=O) groups excluding carboxylic acids is 1. The summed E-state index contributed by atoms with van der Waals surface area (Å²) in [5, 5.41) is 0. The lowest BCUT2D eigenvalue weighted by Gasteiger charge is -2.38. The molecule has 1 aromatic rings. The Morgan fingerprint density at radius 3 is 2.39 bits per heavy atom. The molecule has 31 heavy (non-hydrogen) atoms. The highest BCUT2D eigenvalue weighted by atomic mass is 35.5. The van der Waals surface area contributed by atoms with E-state index in [1.165, 1.54) is 12.1 Å². The van der Waals surface area contributed by atoms with Crippen LogP contribution in [0, 0.1) is 23.5 Å². The first-order valence-electron chi connectivity index (χ1n) is 11.2. The largest absolute Gasteiger partial charge is 0.490 e. The number of amides is 1. The molecule has 0 spiro atoms. The summed E-state index contributed by atoms with van der Waals surface area (Å²) in [6.07, 6.45) is 5.31. The fourth-order valence-corrected chi connectivity index (χ4v) is 4.81. The Morgan fingerprint density at radius 1 is 1.16 bits per heavy atom. The smallest absolute Gasteiger partial charge is 0.225 e. The Hall–Kier alpha value is -1.44. The third-order valence-corrected chi connectivity index (χ3v) is 6.67. The molecule has 8 heteroatoms. The molecule has 4 rings (SSSR count). The second-order valence-electron chi connectivity index (χ2n) is 9.03. The molecule has 1 amide bonds. The van der Waals surface area contributed by atoms with Gasteiger partial charge >= 0.3 is 0 Å². The minimum atomic E-state index is -0.533. The van der Waals surface area contributed by atoms with Crippen LogP contribution in [-0.2, 0) is 16.1 Å². The molecule has 5 nitrogen and oxygen atoms in total. The average molecular weight is 459 g/mol. The van der Waals surface area contributed by atoms with Gasteiger partial charge in [0.25, 0.3) is 0 Å². The molecule has 0 N–H and O–H groups in total. The lowest BCUT2D eigenvalue weighted by atomic mass is 9.81. The topological polar surface area (TPSA) is 42.0 Å². The summed E-state index contributed by atoms with van der Waals surface area (Å²) in [6, 6.07) is 2.62. The number of carbonyl (C=O) groups is 1. The normalized spacial score (nSPS) is 24.4. The molecule has 2 saturated heterocycles. The zero-order valence-electron chi connectivity index (χ0n) is 18.2. The minimum absolute atomic E-state index is 0. The standard InChI is InChI=1S/C23H32F2N2O3.ClH/c1-26(23(28)17-4-8-29-9-5-17)14-16-10-18(11-16)30-19-12-21(24)20(22(25)13-19)15-27-6-2-3-7-27;/h12-13,16-18H,2-11,14-15H2,1H3;1H/t16-,18-;. The zero-order chi connectivity index (χ0) is 21.1. The first-order chi connectivity index (χ1) is 14.5. The van der Waals surface area contributed by atoms with Crippen molar-refractivity contribution in [1.82, 2.24) is 9.80 Å². The second kappa shape index (κ2) is 10.9. The Morgan fingerprint density at radius 2 is 1.77 bits per heavy atom. The number of hydrogen-bond acceptors (Lipinski definition) is 4. The number of likely N-dealkylation sites (tertiary alicyclic amines) is 1. The molecule has 2 aliphatic heterocycles. The number of ether oxygens (including phenoxy) is 2. The molecule has 0 aromatic heterocycles. The van der Waals surface area contributed by atoms with E-state index in [0.717, 1.165) is 51.6 Å². The van der Waals surface area contributed by atoms with Crippen LogP contribution in [0.25, 0.3) is 0 Å². The van der Waals surface area contributed by atoms with Gasteiger partial charge in [-0.2, -0.15) is 0 Å². The van der Waals surface area contributed by atoms with E-state index < -0.39 is 11.6 Å². The molecule has 3 aliphatic rings. The fraction of sp³-hybridized carbons (Fsp3) is 0.696. The van der Waals surface area contributed by atoms with E-state index in [4.69, 9.17) is 9.47 Å². The molecule has 0 bridgehead atoms. The second-order valence-corrected chi connectivity index (χ2v) is 9.03. The van der Waals surface area contributed by atoms with Crippen LogP contribution < -0.4 is 4.74 Å². The predicted molar refractivity (Wildman–Crippen MR) is 116 cm³/mol. The van der Waals surface area contributed by atoms with Gasteiger partial charge in [0.15, 0.2) is 0 Å². The average Bonchev–Trinajstić information content (AvgIpc) is 3.22. The number of hydrogen-bond donors (Lipinski definition) is 0. The van der Waals surface area contributed by atoms with E-state index in [9.17, 15) is 13.6 Å². The summed E-state index contributed by atoms with van der Waals surface area (Å²) in [5.41, 5.74) is 0.129. The van der Waals surface area contributed by atoms with Gasteiger partial charge in [-0.15, -0.1) is 12.4 Å². The van der Waals surface area contributed by atoms with E-state index in [-0.39, 0.29) is 41.6 Å². The van der Waals surface area contributed by atoms with Crippen molar-refractivity contribution in [1.29, 1.82) is 0 Å². The lowest BCUT2D eigenvalue weighted by molar-refractivity contribution is -0.138. The van der Waals surface area contributed by atoms with Crippen LogP contribution in [0.1, 0.15) is 44.1 Å². The van der Waals surface area contributed by atoms with Crippen LogP contribution in [0.4, 0.5) is 8.78 Å². The highest BCUT2D eigenvalue weighted by Crippen LogP contribution is 2.33. The summed E-state index contributed by atoms with van der Waals surface area (Å²) in [5.74, 6) is -0.177. The van der Waals surface area contributed by atoms with Crippen LogP contribution in [0.2, 0.25) is 0 Å². The zero-order valence-corrected chi connectivity index (χ0v) is 19.0. The third-order valence-electron chi connectivity index (χ3n) is 6.67. The molecule has 3 fully saturated rings. The van der Waals surface area contributed by atoms with Gasteiger partial charge in [-0.25, -0.2) is 8.78 Å². The van der Waals surface area contributed by atoms with Crippen molar-refractivity contribution in [3.8, 4) is 5.75 Å². The molecular weight excluding hydrogens is 426 g/mol. The Kier molecular flexibility index (Phi) is 8.53. The van der Waals surface area contributed by atoms with Crippen molar-refractivity contribution in [3.05, 3.63) is 29.3 Å². The number of rotatable bonds is 7. The van der Waals surface area contributed by atoms with Gasteiger partial charge in [0.05, 0.1) is 6.10 Å². The van der Waals surface area contributed by atoms with Crippen molar-refractivity contribution in [2.45, 2.75) is 51.2 Å². The predicted octanol–water partition coefficient (Wildman–Crippen LogP) is 4.02. The monoisotopic (exact) mass is 458 g/mol. The van der Waals surface area contributed by atoms with E-state index in [1.807, 2.05) is 11.9 Å². The van der Waals surface area contributed by atoms with E-state index in [0.29, 0.717) is 32.2 Å². The van der Waals surface area contributed by atoms with Gasteiger partial charge in [0.2, 0.25) is 5.91 Å². The molecule has 1 aliphatic carbocycles. The molecule has 0 unspecified atom stereocenters. The van der Waals surface area contributed by atoms with Gasteiger partial charge in [-0.1, -0.05) is 0 Å². The van der Waals surface area contributed by atoms with Gasteiger partial charge < -0.3 is 14.4 Å². The molecule has 174 valence electrons. The maximum Gasteiger partial charge on any atom is 0.225 e. The molecule has 2 heterocycles. The summed E-state index contributed by atoms with van der Waals surface area (Å²) >= 11 is 0. The maximum atomic E-state index is 14.5. The summed E-state index contributed by atoms with van der Waals surface area (Å²) < 4.78 is 40.0. The molecular formula is C23H33ClF2N2O3. The van der Waals surface area contributed by atoms with Gasteiger partial charge in [-0.3, -0.25) is 9.69 Å². The fourth-order valence-electron chi connectivity index (χ4n) is 4.81. The van der Waals surface area contributed by atoms with Gasteiger partial charge in [-0.05, 0) is 57.5 Å². The molecule has 1 aromatic carbocycles. The van der Waals surface area contributed by atoms with Crippen LogP contribution in [0.3, 0.4) is 0 Å². The highest BCUT2D eigenvalue weighted by molar-refractivity contribution is 5.85. The van der Waals surface area contributed by atoms with Crippen molar-refractivity contribution >= 4 is 18.3 Å². The summed E-state index contributed by atoms with van der Waals surface area (Å²) in [4.78, 5) is 16.4. The van der Waals surface area contributed by atoms with Crippen molar-refractivity contribution < 1.29 is 23.0 Å². The molecule has 0 atom stereocenters. The van der Waals surface area contributed by atoms with Crippen LogP contribution >= 0.6 is 12.4 Å². The number of halogens is 3. The van der Waals surface area contributed by atoms with Gasteiger partial charge in [0, 0.05) is 57.0 Å². The van der Waals surface area contributed by atoms with Crippen molar-refractivity contribution in [2.75, 3.05) is 39.9 Å². The van der Waals surface area contributed by atoms with Crippen LogP contribution in [0.15, 0.2) is 12.1 Å². The van der Waals surface area contributed by atoms with Crippen molar-refractivity contribution in [2.24, 2.45) is 11.8 Å². The van der Waals surface area contributed by atoms with Crippen LogP contribution in [-0.4, -0.2) is 61.7 Å². The van der Waals surface area contributed by atoms with Crippen LogP contribution in [0.5, 0.6) is 5.75 Å². The Balaban J connectivity index is 0.00000272. The van der Waals surface area contributed by atoms with E-state index in [1.54, 1.807) is 0 Å². The van der Waals surface area contributed by atoms with Gasteiger partial charge in [0.1, 0.15) is 17.4 Å². The van der Waals surface area contributed by atoms with E-state index in [2.05, 4.69) is 4.90 Å². The first-order valence-corrected chi connectivity index (χ1v) is 11.2. The number of benzene rings is 1. The minimum Gasteiger partial charge on any atom is -0.490 e. The maximum absolute atomic E-state index is 14.5. The lowest BCUT2D eigenvalue weighted by Crippen LogP contribution is -2.44. The SMILES string of the molecule is CN(C[C@H]1C[C@H](Oc2cc(F)c(CN3CCCC3)c(F)c2)C1)C(=O)C1CCOCC1.Cl. The van der Waals surface area contributed by atoms with Crippen molar-refractivity contribution in [3.63, 3.8) is 0 Å². The third kappa shape index (κ3) is 6.08. The quantitative estimate of drug-likeness (QED) is 0.618. The Labute approximate surface area is 189 Å².